The van der Waals surface area contributed by atoms with E-state index in [0.717, 1.165) is 45.3 Å². The first-order valence-corrected chi connectivity index (χ1v) is 10.2. The van der Waals surface area contributed by atoms with Crippen molar-refractivity contribution in [2.24, 2.45) is 0 Å². The van der Waals surface area contributed by atoms with Gasteiger partial charge in [-0.25, -0.2) is 13.8 Å². The largest absolute Gasteiger partial charge is 0.325 e. The number of para-hydroxylation sites is 1. The molecule has 0 saturated heterocycles. The van der Waals surface area contributed by atoms with Crippen molar-refractivity contribution >= 4 is 34.4 Å². The second kappa shape index (κ2) is 8.31. The highest BCUT2D eigenvalue weighted by Crippen LogP contribution is 2.23. The van der Waals surface area contributed by atoms with Crippen LogP contribution in [0.5, 0.6) is 0 Å². The molecule has 31 heavy (non-hydrogen) atoms. The highest BCUT2D eigenvalue weighted by atomic mass is 32.2. The van der Waals surface area contributed by atoms with Crippen LogP contribution in [0.3, 0.4) is 0 Å². The Labute approximate surface area is 179 Å². The molecule has 0 aliphatic carbocycles. The molecule has 10 heteroatoms. The molecule has 0 radical (unpaired) electrons. The molecule has 0 atom stereocenters. The van der Waals surface area contributed by atoms with Crippen molar-refractivity contribution in [1.29, 1.82) is 0 Å². The van der Waals surface area contributed by atoms with Gasteiger partial charge in [-0.15, -0.1) is 0 Å². The zero-order valence-electron chi connectivity index (χ0n) is 16.6. The van der Waals surface area contributed by atoms with Crippen LogP contribution in [0.15, 0.2) is 52.5 Å². The molecule has 4 aromatic rings. The lowest BCUT2D eigenvalue weighted by atomic mass is 10.1. The number of hydrogen-bond donors (Lipinski definition) is 2. The van der Waals surface area contributed by atoms with E-state index in [1.165, 1.54) is 12.3 Å². The average molecular weight is 441 g/mol. The van der Waals surface area contributed by atoms with Crippen molar-refractivity contribution in [3.05, 3.63) is 75.7 Å². The van der Waals surface area contributed by atoms with Gasteiger partial charge in [0, 0.05) is 11.8 Å². The molecule has 0 fully saturated rings. The molecule has 0 spiro atoms. The summed E-state index contributed by atoms with van der Waals surface area (Å²) in [5.41, 5.74) is 2.40. The number of aryl methyl sites for hydroxylation is 2. The molecule has 0 aliphatic rings. The first-order valence-electron chi connectivity index (χ1n) is 9.25. The van der Waals surface area contributed by atoms with Gasteiger partial charge < -0.3 is 5.32 Å². The fourth-order valence-corrected chi connectivity index (χ4v) is 3.95. The molecule has 4 rings (SSSR count). The van der Waals surface area contributed by atoms with Crippen molar-refractivity contribution in [3.63, 3.8) is 0 Å². The molecule has 2 aromatic heterocycles. The quantitative estimate of drug-likeness (QED) is 0.364. The van der Waals surface area contributed by atoms with E-state index in [1.807, 2.05) is 32.0 Å². The molecule has 2 N–H and O–H groups in total. The van der Waals surface area contributed by atoms with Crippen LogP contribution in [-0.2, 0) is 4.79 Å². The fourth-order valence-electron chi connectivity index (χ4n) is 3.14. The molecule has 0 unspecified atom stereocenters. The minimum atomic E-state index is -1.10. The van der Waals surface area contributed by atoms with Crippen molar-refractivity contribution < 1.29 is 13.6 Å². The minimum absolute atomic E-state index is 0.0520. The van der Waals surface area contributed by atoms with Crippen LogP contribution in [0, 0.1) is 25.5 Å². The first kappa shape index (κ1) is 20.7. The van der Waals surface area contributed by atoms with Gasteiger partial charge in [-0.05, 0) is 37.1 Å². The van der Waals surface area contributed by atoms with Gasteiger partial charge in [-0.2, -0.15) is 5.10 Å². The van der Waals surface area contributed by atoms with Crippen LogP contribution < -0.4 is 10.9 Å². The number of nitrogens with one attached hydrogen (secondary N) is 2. The Hall–Kier alpha value is -3.53. The summed E-state index contributed by atoms with van der Waals surface area (Å²) in [4.78, 5) is 29.9. The maximum absolute atomic E-state index is 13.8. The lowest BCUT2D eigenvalue weighted by Crippen LogP contribution is -2.23. The van der Waals surface area contributed by atoms with Crippen LogP contribution in [0.1, 0.15) is 11.1 Å². The minimum Gasteiger partial charge on any atom is -0.325 e. The maximum Gasteiger partial charge on any atom is 0.269 e. The van der Waals surface area contributed by atoms with Crippen molar-refractivity contribution in [2.45, 2.75) is 19.0 Å². The molecule has 7 nitrogen and oxygen atoms in total. The maximum atomic E-state index is 13.8. The Morgan fingerprint density at radius 3 is 2.61 bits per heavy atom. The summed E-state index contributed by atoms with van der Waals surface area (Å²) in [5.74, 6) is -2.47. The van der Waals surface area contributed by atoms with Gasteiger partial charge in [0.2, 0.25) is 5.91 Å². The number of benzene rings is 2. The number of halogens is 2. The van der Waals surface area contributed by atoms with Crippen molar-refractivity contribution in [2.75, 3.05) is 11.1 Å². The standard InChI is InChI=1S/C21H17F2N5O2S/c1-11-4-3-5-12(2)18(11)25-17(29)10-31-21-26-19-14(9-24-27-19)20(30)28(21)13-6-7-15(22)16(23)8-13/h3-9H,10H2,1-2H3,(H,24,27)(H,25,29). The molecule has 2 heterocycles. The number of fused-ring (bicyclic) bond motifs is 1. The number of amides is 1. The van der Waals surface area contributed by atoms with Crippen molar-refractivity contribution in [1.82, 2.24) is 19.7 Å². The average Bonchev–Trinajstić information content (AvgIpc) is 3.21. The Morgan fingerprint density at radius 2 is 1.90 bits per heavy atom. The zero-order valence-corrected chi connectivity index (χ0v) is 17.4. The third-order valence-corrected chi connectivity index (χ3v) is 5.63. The van der Waals surface area contributed by atoms with Crippen LogP contribution in [0.25, 0.3) is 16.7 Å². The van der Waals surface area contributed by atoms with E-state index >= 15 is 0 Å². The summed E-state index contributed by atoms with van der Waals surface area (Å²) in [6, 6.07) is 8.80. The second-order valence-corrected chi connectivity index (χ2v) is 7.81. The highest BCUT2D eigenvalue weighted by molar-refractivity contribution is 7.99. The smallest absolute Gasteiger partial charge is 0.269 e. The van der Waals surface area contributed by atoms with Gasteiger partial charge in [-0.1, -0.05) is 30.0 Å². The summed E-state index contributed by atoms with van der Waals surface area (Å²) in [5, 5.41) is 9.64. The molecule has 1 amide bonds. The number of aromatic amines is 1. The molecule has 0 saturated carbocycles. The van der Waals surface area contributed by atoms with E-state index in [9.17, 15) is 18.4 Å². The number of hydrogen-bond acceptors (Lipinski definition) is 5. The monoisotopic (exact) mass is 441 g/mol. The van der Waals surface area contributed by atoms with E-state index in [0.29, 0.717) is 0 Å². The molecule has 0 aliphatic heterocycles. The van der Waals surface area contributed by atoms with Gasteiger partial charge in [0.25, 0.3) is 5.56 Å². The number of thioether (sulfide) groups is 1. The summed E-state index contributed by atoms with van der Waals surface area (Å²) >= 11 is 0.999. The number of anilines is 1. The van der Waals surface area contributed by atoms with Gasteiger partial charge in [0.05, 0.1) is 17.6 Å². The normalized spacial score (nSPS) is 11.1. The summed E-state index contributed by atoms with van der Waals surface area (Å²) < 4.78 is 28.3. The Kier molecular flexibility index (Phi) is 5.55. The van der Waals surface area contributed by atoms with Crippen LogP contribution >= 0.6 is 11.8 Å². The number of rotatable bonds is 5. The predicted molar refractivity (Wildman–Crippen MR) is 115 cm³/mol. The van der Waals surface area contributed by atoms with Crippen LogP contribution in [0.2, 0.25) is 0 Å². The highest BCUT2D eigenvalue weighted by Gasteiger charge is 2.17. The van der Waals surface area contributed by atoms with E-state index in [2.05, 4.69) is 20.5 Å². The summed E-state index contributed by atoms with van der Waals surface area (Å²) in [6.45, 7) is 3.79. The van der Waals surface area contributed by atoms with Gasteiger partial charge >= 0.3 is 0 Å². The molecule has 0 bridgehead atoms. The fraction of sp³-hybridized carbons (Fsp3) is 0.143. The topological polar surface area (TPSA) is 92.7 Å². The number of carbonyl (C=O) groups excluding carboxylic acids is 1. The number of nitrogens with zero attached hydrogens (tertiary/aromatic N) is 3. The van der Waals surface area contributed by atoms with Gasteiger partial charge in [-0.3, -0.25) is 19.3 Å². The van der Waals surface area contributed by atoms with Crippen LogP contribution in [-0.4, -0.2) is 31.4 Å². The third-order valence-electron chi connectivity index (χ3n) is 4.69. The molecule has 158 valence electrons. The zero-order chi connectivity index (χ0) is 22.1. The van der Waals surface area contributed by atoms with Crippen LogP contribution in [0.4, 0.5) is 14.5 Å². The van der Waals surface area contributed by atoms with E-state index in [-0.39, 0.29) is 33.5 Å². The first-order chi connectivity index (χ1) is 14.8. The number of H-pyrrole nitrogens is 1. The summed E-state index contributed by atoms with van der Waals surface area (Å²) in [6.07, 6.45) is 1.31. The molecular formula is C21H17F2N5O2S. The Bertz CT molecular complexity index is 1350. The number of carbonyl (C=O) groups is 1. The molecular weight excluding hydrogens is 424 g/mol. The third kappa shape index (κ3) is 4.06. The number of aromatic nitrogens is 4. The van der Waals surface area contributed by atoms with E-state index < -0.39 is 17.2 Å². The van der Waals surface area contributed by atoms with Crippen molar-refractivity contribution in [3.8, 4) is 5.69 Å². The van der Waals surface area contributed by atoms with E-state index in [1.54, 1.807) is 0 Å². The molecule has 2 aromatic carbocycles. The Balaban J connectivity index is 1.67. The Morgan fingerprint density at radius 1 is 1.16 bits per heavy atom. The van der Waals surface area contributed by atoms with Gasteiger partial charge in [0.1, 0.15) is 5.39 Å². The second-order valence-electron chi connectivity index (χ2n) is 6.87. The SMILES string of the molecule is Cc1cccc(C)c1NC(=O)CSc1nc2[nH]ncc2c(=O)n1-c1ccc(F)c(F)c1. The predicted octanol–water partition coefficient (Wildman–Crippen LogP) is 3.73. The summed E-state index contributed by atoms with van der Waals surface area (Å²) in [7, 11) is 0. The lowest BCUT2D eigenvalue weighted by Gasteiger charge is -2.13. The lowest BCUT2D eigenvalue weighted by molar-refractivity contribution is -0.113. The van der Waals surface area contributed by atoms with E-state index in [4.69, 9.17) is 0 Å². The van der Waals surface area contributed by atoms with Gasteiger partial charge in [0.15, 0.2) is 22.4 Å².